The van der Waals surface area contributed by atoms with Gasteiger partial charge in [0.25, 0.3) is 0 Å². The van der Waals surface area contributed by atoms with Crippen LogP contribution in [-0.2, 0) is 0 Å². The van der Waals surface area contributed by atoms with Gasteiger partial charge < -0.3 is 13.9 Å². The number of halogens is 3. The highest BCUT2D eigenvalue weighted by Crippen LogP contribution is 2.43. The lowest BCUT2D eigenvalue weighted by Crippen LogP contribution is -2.27. The average Bonchev–Trinajstić information content (AvgIpc) is 3.17. The van der Waals surface area contributed by atoms with Gasteiger partial charge in [-0.15, -0.1) is 0 Å². The minimum absolute atomic E-state index is 0.0858. The van der Waals surface area contributed by atoms with Crippen molar-refractivity contribution >= 4 is 5.84 Å². The van der Waals surface area contributed by atoms with E-state index in [-0.39, 0.29) is 24.6 Å². The van der Waals surface area contributed by atoms with E-state index < -0.39 is 18.2 Å². The Labute approximate surface area is 184 Å². The number of aryl methyl sites for hydroxylation is 1. The van der Waals surface area contributed by atoms with Crippen LogP contribution in [0.25, 0.3) is 0 Å². The number of nitrogens with one attached hydrogen (secondary N) is 2. The number of hydrogen-bond acceptors (Lipinski definition) is 6. The topological polar surface area (TPSA) is 101 Å². The quantitative estimate of drug-likeness (QED) is 0.283. The third-order valence-electron chi connectivity index (χ3n) is 5.88. The van der Waals surface area contributed by atoms with Gasteiger partial charge in [-0.05, 0) is 51.2 Å². The van der Waals surface area contributed by atoms with Gasteiger partial charge in [-0.3, -0.25) is 16.1 Å². The fraction of sp³-hybridized carbons (Fsp3) is 0.545. The van der Waals surface area contributed by atoms with E-state index in [1.165, 1.54) is 7.11 Å². The fourth-order valence-corrected chi connectivity index (χ4v) is 4.07. The number of amidine groups is 1. The van der Waals surface area contributed by atoms with Crippen LogP contribution in [0.5, 0.6) is 11.5 Å². The molecule has 1 saturated carbocycles. The third kappa shape index (κ3) is 5.17. The van der Waals surface area contributed by atoms with Gasteiger partial charge in [-0.1, -0.05) is 6.92 Å². The SMILES string of the molecule is CCC(Oc1ccc(C(=N)NO)c(OC)c1)c1oc([C@H]2CC[C@@H](C(F)(F)F)CC2)nc1C. The van der Waals surface area contributed by atoms with Crippen molar-refractivity contribution in [1.82, 2.24) is 10.5 Å². The summed E-state index contributed by atoms with van der Waals surface area (Å²) in [7, 11) is 1.45. The van der Waals surface area contributed by atoms with Crippen molar-refractivity contribution in [2.75, 3.05) is 7.11 Å². The fourth-order valence-electron chi connectivity index (χ4n) is 4.07. The van der Waals surface area contributed by atoms with E-state index in [4.69, 9.17) is 24.5 Å². The molecule has 1 heterocycles. The molecule has 0 amide bonds. The Kier molecular flexibility index (Phi) is 7.33. The van der Waals surface area contributed by atoms with Crippen molar-refractivity contribution < 1.29 is 32.3 Å². The van der Waals surface area contributed by atoms with E-state index >= 15 is 0 Å². The number of hydrogen-bond donors (Lipinski definition) is 3. The molecule has 0 radical (unpaired) electrons. The molecule has 1 fully saturated rings. The number of aromatic nitrogens is 1. The summed E-state index contributed by atoms with van der Waals surface area (Å²) in [6.07, 6.45) is -3.06. The molecule has 0 bridgehead atoms. The first-order valence-corrected chi connectivity index (χ1v) is 10.6. The highest BCUT2D eigenvalue weighted by atomic mass is 19.4. The summed E-state index contributed by atoms with van der Waals surface area (Å²) in [6.45, 7) is 3.73. The summed E-state index contributed by atoms with van der Waals surface area (Å²) in [5.41, 5.74) is 2.80. The lowest BCUT2D eigenvalue weighted by molar-refractivity contribution is -0.182. The number of hydroxylamine groups is 1. The lowest BCUT2D eigenvalue weighted by atomic mass is 9.81. The summed E-state index contributed by atoms with van der Waals surface area (Å²) in [5, 5.41) is 16.7. The first-order valence-electron chi connectivity index (χ1n) is 10.6. The van der Waals surface area contributed by atoms with Crippen molar-refractivity contribution in [2.24, 2.45) is 5.92 Å². The van der Waals surface area contributed by atoms with Crippen molar-refractivity contribution in [3.8, 4) is 11.5 Å². The first kappa shape index (κ1) is 23.9. The second kappa shape index (κ2) is 9.81. The van der Waals surface area contributed by atoms with E-state index in [1.807, 2.05) is 6.92 Å². The van der Waals surface area contributed by atoms with E-state index in [0.29, 0.717) is 53.7 Å². The molecular formula is C22H28F3N3O4. The summed E-state index contributed by atoms with van der Waals surface area (Å²) < 4.78 is 56.2. The molecule has 3 rings (SSSR count). The molecule has 0 saturated heterocycles. The second-order valence-electron chi connectivity index (χ2n) is 7.96. The zero-order valence-electron chi connectivity index (χ0n) is 18.3. The Morgan fingerprint density at radius 2 is 2.00 bits per heavy atom. The molecule has 10 heteroatoms. The van der Waals surface area contributed by atoms with Gasteiger partial charge in [0.05, 0.1) is 24.3 Å². The van der Waals surface area contributed by atoms with Crippen LogP contribution in [-0.4, -0.2) is 29.3 Å². The van der Waals surface area contributed by atoms with Crippen LogP contribution < -0.4 is 15.0 Å². The zero-order chi connectivity index (χ0) is 23.5. The van der Waals surface area contributed by atoms with E-state index in [2.05, 4.69) is 4.98 Å². The lowest BCUT2D eigenvalue weighted by Gasteiger charge is -2.28. The van der Waals surface area contributed by atoms with Gasteiger partial charge in [-0.25, -0.2) is 4.98 Å². The van der Waals surface area contributed by atoms with Crippen LogP contribution in [0.4, 0.5) is 13.2 Å². The predicted octanol–water partition coefficient (Wildman–Crippen LogP) is 5.66. The Morgan fingerprint density at radius 1 is 1.31 bits per heavy atom. The normalized spacial score (nSPS) is 20.0. The number of oxazole rings is 1. The number of rotatable bonds is 7. The van der Waals surface area contributed by atoms with Gasteiger partial charge in [0.1, 0.15) is 11.5 Å². The minimum Gasteiger partial charge on any atom is -0.496 e. The van der Waals surface area contributed by atoms with Gasteiger partial charge in [-0.2, -0.15) is 13.2 Å². The summed E-state index contributed by atoms with van der Waals surface area (Å²) >= 11 is 0. The monoisotopic (exact) mass is 455 g/mol. The second-order valence-corrected chi connectivity index (χ2v) is 7.96. The standard InChI is InChI=1S/C22H28F3N3O4/c1-4-17(31-15-9-10-16(20(26)28-29)18(11-15)30-3)19-12(2)27-21(32-19)13-5-7-14(8-6-13)22(23,24)25/h9-11,13-14,17,29H,4-8H2,1-3H3,(H2,26,28)/t13-,14+,17?. The molecule has 0 spiro atoms. The molecule has 1 aliphatic carbocycles. The van der Waals surface area contributed by atoms with Crippen LogP contribution in [0.15, 0.2) is 22.6 Å². The molecule has 1 unspecified atom stereocenters. The Balaban J connectivity index is 1.75. The van der Waals surface area contributed by atoms with Crippen LogP contribution in [0.2, 0.25) is 0 Å². The highest BCUT2D eigenvalue weighted by Gasteiger charge is 2.42. The maximum Gasteiger partial charge on any atom is 0.391 e. The molecule has 1 aromatic heterocycles. The average molecular weight is 455 g/mol. The largest absolute Gasteiger partial charge is 0.496 e. The maximum atomic E-state index is 12.9. The van der Waals surface area contributed by atoms with Crippen molar-refractivity contribution in [3.05, 3.63) is 41.1 Å². The van der Waals surface area contributed by atoms with Crippen molar-refractivity contribution in [1.29, 1.82) is 5.41 Å². The van der Waals surface area contributed by atoms with E-state index in [1.54, 1.807) is 30.6 Å². The minimum atomic E-state index is -4.15. The van der Waals surface area contributed by atoms with Gasteiger partial charge in [0.15, 0.2) is 23.6 Å². The molecule has 1 aromatic carbocycles. The molecule has 1 aliphatic rings. The predicted molar refractivity (Wildman–Crippen MR) is 110 cm³/mol. The third-order valence-corrected chi connectivity index (χ3v) is 5.88. The molecule has 0 aliphatic heterocycles. The summed E-state index contributed by atoms with van der Waals surface area (Å²) in [5.74, 6) is 0.253. The Morgan fingerprint density at radius 3 is 2.56 bits per heavy atom. The van der Waals surface area contributed by atoms with Crippen molar-refractivity contribution in [2.45, 2.75) is 64.1 Å². The molecule has 3 N–H and O–H groups in total. The number of alkyl halides is 3. The number of ether oxygens (including phenoxy) is 2. The molecular weight excluding hydrogens is 427 g/mol. The van der Waals surface area contributed by atoms with Crippen LogP contribution in [0.3, 0.4) is 0 Å². The zero-order valence-corrected chi connectivity index (χ0v) is 18.3. The molecule has 176 valence electrons. The Bertz CT molecular complexity index is 937. The van der Waals surface area contributed by atoms with Crippen LogP contribution in [0.1, 0.15) is 74.0 Å². The number of benzene rings is 1. The number of methoxy groups -OCH3 is 1. The maximum absolute atomic E-state index is 12.9. The van der Waals surface area contributed by atoms with Crippen LogP contribution >= 0.6 is 0 Å². The molecule has 7 nitrogen and oxygen atoms in total. The Hall–Kier alpha value is -2.75. The van der Waals surface area contributed by atoms with Gasteiger partial charge in [0, 0.05) is 12.0 Å². The smallest absolute Gasteiger partial charge is 0.391 e. The summed E-state index contributed by atoms with van der Waals surface area (Å²) in [4.78, 5) is 4.50. The first-order chi connectivity index (χ1) is 15.2. The summed E-state index contributed by atoms with van der Waals surface area (Å²) in [6, 6.07) is 4.84. The molecule has 1 atom stereocenters. The van der Waals surface area contributed by atoms with Crippen molar-refractivity contribution in [3.63, 3.8) is 0 Å². The van der Waals surface area contributed by atoms with Gasteiger partial charge >= 0.3 is 6.18 Å². The van der Waals surface area contributed by atoms with E-state index in [0.717, 1.165) is 0 Å². The molecule has 2 aromatic rings. The van der Waals surface area contributed by atoms with E-state index in [9.17, 15) is 13.2 Å². The van der Waals surface area contributed by atoms with Crippen LogP contribution in [0, 0.1) is 18.3 Å². The number of nitrogens with zero attached hydrogens (tertiary/aromatic N) is 1. The molecule has 32 heavy (non-hydrogen) atoms. The van der Waals surface area contributed by atoms with Gasteiger partial charge in [0.2, 0.25) is 0 Å². The highest BCUT2D eigenvalue weighted by molar-refractivity contribution is 5.98.